The van der Waals surface area contributed by atoms with E-state index in [0.717, 1.165) is 0 Å². The summed E-state index contributed by atoms with van der Waals surface area (Å²) in [6.45, 7) is 8.34. The van der Waals surface area contributed by atoms with Gasteiger partial charge in [-0.05, 0) is 31.9 Å². The summed E-state index contributed by atoms with van der Waals surface area (Å²) >= 11 is 0. The van der Waals surface area contributed by atoms with Gasteiger partial charge < -0.3 is 10.2 Å². The van der Waals surface area contributed by atoms with Gasteiger partial charge in [-0.1, -0.05) is 13.8 Å². The van der Waals surface area contributed by atoms with Crippen molar-refractivity contribution in [1.82, 2.24) is 4.31 Å². The molecule has 0 aliphatic carbocycles. The summed E-state index contributed by atoms with van der Waals surface area (Å²) in [4.78, 5) is 0. The second-order valence-corrected chi connectivity index (χ2v) is 6.81. The molecule has 0 bridgehead atoms. The van der Waals surface area contributed by atoms with Crippen LogP contribution in [-0.4, -0.2) is 25.3 Å². The normalized spacial score (nSPS) is 12.9. The van der Waals surface area contributed by atoms with Crippen LogP contribution in [0, 0.1) is 5.92 Å². The zero-order valence-corrected chi connectivity index (χ0v) is 12.2. The largest absolute Gasteiger partial charge is 0.447 e. The molecule has 6 heteroatoms. The molecule has 1 aromatic rings. The minimum absolute atomic E-state index is 0.0303. The minimum atomic E-state index is -3.57. The molecule has 1 heterocycles. The molecule has 0 aliphatic heterocycles. The van der Waals surface area contributed by atoms with Crippen LogP contribution in [0.4, 0.5) is 0 Å². The molecule has 0 amide bonds. The standard InChI is InChI=1S/C12H22N2O3S/c1-9(2)8-14(10(3)4)18(15,16)12-6-5-11(7-13)17-12/h5-6,9-10H,7-8,13H2,1-4H3. The summed E-state index contributed by atoms with van der Waals surface area (Å²) in [5, 5.41) is -0.0303. The highest BCUT2D eigenvalue weighted by Crippen LogP contribution is 2.21. The Morgan fingerprint density at radius 2 is 1.89 bits per heavy atom. The van der Waals surface area contributed by atoms with Crippen LogP contribution in [0.15, 0.2) is 21.6 Å². The fourth-order valence-corrected chi connectivity index (χ4v) is 3.40. The highest BCUT2D eigenvalue weighted by atomic mass is 32.2. The van der Waals surface area contributed by atoms with Crippen LogP contribution >= 0.6 is 0 Å². The van der Waals surface area contributed by atoms with E-state index in [9.17, 15) is 8.42 Å². The predicted octanol–water partition coefficient (Wildman–Crippen LogP) is 1.79. The third-order valence-electron chi connectivity index (χ3n) is 2.52. The molecular formula is C12H22N2O3S. The Labute approximate surface area is 109 Å². The smallest absolute Gasteiger partial charge is 0.276 e. The summed E-state index contributed by atoms with van der Waals surface area (Å²) in [7, 11) is -3.57. The van der Waals surface area contributed by atoms with E-state index < -0.39 is 10.0 Å². The maximum atomic E-state index is 12.4. The number of nitrogens with two attached hydrogens (primary N) is 1. The third kappa shape index (κ3) is 3.34. The molecule has 0 spiro atoms. The first-order chi connectivity index (χ1) is 8.28. The number of hydrogen-bond acceptors (Lipinski definition) is 4. The first-order valence-electron chi connectivity index (χ1n) is 6.09. The van der Waals surface area contributed by atoms with Crippen LogP contribution in [0.3, 0.4) is 0 Å². The number of sulfonamides is 1. The SMILES string of the molecule is CC(C)CN(C(C)C)S(=O)(=O)c1ccc(CN)o1. The van der Waals surface area contributed by atoms with Gasteiger partial charge in [0.2, 0.25) is 5.09 Å². The van der Waals surface area contributed by atoms with Gasteiger partial charge in [-0.15, -0.1) is 0 Å². The van der Waals surface area contributed by atoms with Crippen LogP contribution in [0.25, 0.3) is 0 Å². The molecule has 104 valence electrons. The lowest BCUT2D eigenvalue weighted by Gasteiger charge is -2.26. The molecular weight excluding hydrogens is 252 g/mol. The lowest BCUT2D eigenvalue weighted by Crippen LogP contribution is -2.39. The van der Waals surface area contributed by atoms with Gasteiger partial charge in [0.15, 0.2) is 0 Å². The van der Waals surface area contributed by atoms with E-state index in [1.54, 1.807) is 6.07 Å². The van der Waals surface area contributed by atoms with Crippen molar-refractivity contribution >= 4 is 10.0 Å². The molecule has 0 saturated carbocycles. The zero-order valence-electron chi connectivity index (χ0n) is 11.4. The maximum Gasteiger partial charge on any atom is 0.276 e. The minimum Gasteiger partial charge on any atom is -0.447 e. The molecule has 1 rings (SSSR count). The van der Waals surface area contributed by atoms with Gasteiger partial charge in [-0.3, -0.25) is 0 Å². The first kappa shape index (κ1) is 15.2. The Hall–Kier alpha value is -0.850. The fourth-order valence-electron chi connectivity index (χ4n) is 1.67. The summed E-state index contributed by atoms with van der Waals surface area (Å²) in [5.74, 6) is 0.730. The van der Waals surface area contributed by atoms with Crippen molar-refractivity contribution in [2.45, 2.75) is 45.4 Å². The van der Waals surface area contributed by atoms with Gasteiger partial charge in [0.1, 0.15) is 5.76 Å². The molecule has 0 aliphatic rings. The molecule has 0 fully saturated rings. The third-order valence-corrected chi connectivity index (χ3v) is 4.44. The Kier molecular flexibility index (Phi) is 4.95. The van der Waals surface area contributed by atoms with E-state index in [1.807, 2.05) is 27.7 Å². The monoisotopic (exact) mass is 274 g/mol. The summed E-state index contributed by atoms with van der Waals surface area (Å²) in [6, 6.07) is 2.96. The van der Waals surface area contributed by atoms with Gasteiger partial charge in [-0.2, -0.15) is 4.31 Å². The van der Waals surface area contributed by atoms with Crippen molar-refractivity contribution in [3.05, 3.63) is 17.9 Å². The van der Waals surface area contributed by atoms with Crippen molar-refractivity contribution < 1.29 is 12.8 Å². The Bertz CT molecular complexity index is 477. The Balaban J connectivity index is 3.08. The number of nitrogens with zero attached hydrogens (tertiary/aromatic N) is 1. The number of hydrogen-bond donors (Lipinski definition) is 1. The summed E-state index contributed by atoms with van der Waals surface area (Å²) < 4.78 is 31.6. The average Bonchev–Trinajstić information content (AvgIpc) is 2.74. The van der Waals surface area contributed by atoms with Crippen molar-refractivity contribution in [3.63, 3.8) is 0 Å². The van der Waals surface area contributed by atoms with E-state index >= 15 is 0 Å². The van der Waals surface area contributed by atoms with E-state index in [1.165, 1.54) is 10.4 Å². The number of furan rings is 1. The van der Waals surface area contributed by atoms with Crippen LogP contribution in [0.2, 0.25) is 0 Å². The van der Waals surface area contributed by atoms with Gasteiger partial charge in [0.05, 0.1) is 6.54 Å². The highest BCUT2D eigenvalue weighted by Gasteiger charge is 2.30. The van der Waals surface area contributed by atoms with Crippen LogP contribution in [-0.2, 0) is 16.6 Å². The number of rotatable bonds is 6. The van der Waals surface area contributed by atoms with E-state index in [-0.39, 0.29) is 23.6 Å². The second kappa shape index (κ2) is 5.86. The topological polar surface area (TPSA) is 76.5 Å². The predicted molar refractivity (Wildman–Crippen MR) is 70.5 cm³/mol. The Morgan fingerprint density at radius 1 is 1.28 bits per heavy atom. The quantitative estimate of drug-likeness (QED) is 0.858. The molecule has 0 saturated heterocycles. The lowest BCUT2D eigenvalue weighted by atomic mass is 10.2. The molecule has 18 heavy (non-hydrogen) atoms. The summed E-state index contributed by atoms with van der Waals surface area (Å²) in [6.07, 6.45) is 0. The van der Waals surface area contributed by atoms with Gasteiger partial charge >= 0.3 is 0 Å². The molecule has 0 radical (unpaired) electrons. The van der Waals surface area contributed by atoms with Gasteiger partial charge in [0.25, 0.3) is 10.0 Å². The van der Waals surface area contributed by atoms with Crippen molar-refractivity contribution in [2.75, 3.05) is 6.54 Å². The molecule has 0 unspecified atom stereocenters. The lowest BCUT2D eigenvalue weighted by molar-refractivity contribution is 0.304. The molecule has 2 N–H and O–H groups in total. The molecule has 0 aromatic carbocycles. The second-order valence-electron chi connectivity index (χ2n) is 4.99. The maximum absolute atomic E-state index is 12.4. The molecule has 5 nitrogen and oxygen atoms in total. The van der Waals surface area contributed by atoms with Crippen LogP contribution in [0.1, 0.15) is 33.5 Å². The highest BCUT2D eigenvalue weighted by molar-refractivity contribution is 7.89. The van der Waals surface area contributed by atoms with Gasteiger partial charge in [-0.25, -0.2) is 8.42 Å². The van der Waals surface area contributed by atoms with Crippen molar-refractivity contribution in [2.24, 2.45) is 11.7 Å². The first-order valence-corrected chi connectivity index (χ1v) is 7.53. The van der Waals surface area contributed by atoms with Gasteiger partial charge in [0, 0.05) is 12.6 Å². The molecule has 1 aromatic heterocycles. The van der Waals surface area contributed by atoms with E-state index in [4.69, 9.17) is 10.2 Å². The van der Waals surface area contributed by atoms with E-state index in [0.29, 0.717) is 12.3 Å². The van der Waals surface area contributed by atoms with Crippen LogP contribution < -0.4 is 5.73 Å². The van der Waals surface area contributed by atoms with Crippen molar-refractivity contribution in [1.29, 1.82) is 0 Å². The average molecular weight is 274 g/mol. The summed E-state index contributed by atoms with van der Waals surface area (Å²) in [5.41, 5.74) is 5.42. The zero-order chi connectivity index (χ0) is 13.9. The van der Waals surface area contributed by atoms with Crippen molar-refractivity contribution in [3.8, 4) is 0 Å². The fraction of sp³-hybridized carbons (Fsp3) is 0.667. The van der Waals surface area contributed by atoms with E-state index in [2.05, 4.69) is 0 Å². The Morgan fingerprint density at radius 3 is 2.28 bits per heavy atom. The van der Waals surface area contributed by atoms with Crippen LogP contribution in [0.5, 0.6) is 0 Å². The molecule has 0 atom stereocenters.